The lowest BCUT2D eigenvalue weighted by molar-refractivity contribution is -0.117. The van der Waals surface area contributed by atoms with E-state index >= 15 is 0 Å². The molecule has 2 fully saturated rings. The number of hydrogen-bond donors (Lipinski definition) is 4. The maximum atomic E-state index is 14.8. The summed E-state index contributed by atoms with van der Waals surface area (Å²) in [5, 5.41) is 18.8. The first-order valence-electron chi connectivity index (χ1n) is 13.5. The molecule has 5 rings (SSSR count). The summed E-state index contributed by atoms with van der Waals surface area (Å²) in [6.07, 6.45) is 3.39. The van der Waals surface area contributed by atoms with Crippen LogP contribution in [0.15, 0.2) is 42.5 Å². The molecule has 0 bridgehead atoms. The average Bonchev–Trinajstić information content (AvgIpc) is 3.70. The molecule has 1 aliphatic heterocycles. The number of halogens is 1. The van der Waals surface area contributed by atoms with Crippen molar-refractivity contribution < 1.29 is 28.3 Å². The maximum absolute atomic E-state index is 14.8. The number of likely N-dealkylation sites (tertiary alicyclic amines) is 1. The Bertz CT molecular complexity index is 1550. The SMILES string of the molecule is CNC(=O)c1nnc(NC(=O)C2CC2)cc1Nc1cccc(C(=O)Nc2ccc(C(=O)N3CCCC3)c(F)c2)c1OC. The number of aromatic nitrogens is 2. The lowest BCUT2D eigenvalue weighted by Gasteiger charge is -2.17. The summed E-state index contributed by atoms with van der Waals surface area (Å²) in [6, 6.07) is 10.1. The van der Waals surface area contributed by atoms with Crippen molar-refractivity contribution in [3.8, 4) is 5.75 Å². The van der Waals surface area contributed by atoms with Gasteiger partial charge in [0.1, 0.15) is 5.82 Å². The molecule has 3 aromatic rings. The number of amides is 4. The Balaban J connectivity index is 1.38. The zero-order valence-corrected chi connectivity index (χ0v) is 23.1. The van der Waals surface area contributed by atoms with E-state index in [0.717, 1.165) is 31.7 Å². The molecule has 1 saturated carbocycles. The summed E-state index contributed by atoms with van der Waals surface area (Å²) in [7, 11) is 2.82. The highest BCUT2D eigenvalue weighted by Gasteiger charge is 2.30. The van der Waals surface area contributed by atoms with Gasteiger partial charge in [0.05, 0.1) is 29.6 Å². The maximum Gasteiger partial charge on any atom is 0.273 e. The Morgan fingerprint density at radius 2 is 1.69 bits per heavy atom. The molecule has 2 aromatic carbocycles. The summed E-state index contributed by atoms with van der Waals surface area (Å²) in [4.78, 5) is 52.2. The molecule has 1 aromatic heterocycles. The topological polar surface area (TPSA) is 155 Å². The fourth-order valence-corrected chi connectivity index (χ4v) is 4.64. The van der Waals surface area contributed by atoms with Gasteiger partial charge in [-0.05, 0) is 56.0 Å². The molecule has 4 N–H and O–H groups in total. The minimum Gasteiger partial charge on any atom is -0.494 e. The molecule has 4 amide bonds. The second-order valence-electron chi connectivity index (χ2n) is 9.99. The fourth-order valence-electron chi connectivity index (χ4n) is 4.64. The van der Waals surface area contributed by atoms with E-state index in [4.69, 9.17) is 4.74 Å². The molecular weight excluding hydrogens is 545 g/mol. The second kappa shape index (κ2) is 12.2. The van der Waals surface area contributed by atoms with E-state index < -0.39 is 17.6 Å². The number of nitrogens with one attached hydrogen (secondary N) is 4. The van der Waals surface area contributed by atoms with Crippen LogP contribution < -0.4 is 26.0 Å². The van der Waals surface area contributed by atoms with Gasteiger partial charge >= 0.3 is 0 Å². The highest BCUT2D eigenvalue weighted by molar-refractivity contribution is 6.08. The van der Waals surface area contributed by atoms with Gasteiger partial charge in [-0.3, -0.25) is 19.2 Å². The van der Waals surface area contributed by atoms with E-state index in [1.165, 1.54) is 38.4 Å². The molecule has 0 unspecified atom stereocenters. The molecule has 2 aliphatic rings. The molecule has 1 aliphatic carbocycles. The number of ether oxygens (including phenoxy) is 1. The zero-order chi connectivity index (χ0) is 29.8. The fraction of sp³-hybridized carbons (Fsp3) is 0.310. The first-order chi connectivity index (χ1) is 20.3. The lowest BCUT2D eigenvalue weighted by Crippen LogP contribution is -2.28. The number of benzene rings is 2. The number of para-hydroxylation sites is 1. The molecule has 0 atom stereocenters. The molecule has 1 saturated heterocycles. The minimum absolute atomic E-state index is 0.0436. The largest absolute Gasteiger partial charge is 0.494 e. The Labute approximate surface area is 241 Å². The number of anilines is 4. The van der Waals surface area contributed by atoms with Crippen LogP contribution in [-0.4, -0.2) is 66.0 Å². The van der Waals surface area contributed by atoms with Crippen molar-refractivity contribution in [3.63, 3.8) is 0 Å². The third-order valence-corrected chi connectivity index (χ3v) is 7.02. The zero-order valence-electron chi connectivity index (χ0n) is 23.1. The van der Waals surface area contributed by atoms with Gasteiger partial charge in [-0.15, -0.1) is 10.2 Å². The monoisotopic (exact) mass is 575 g/mol. The van der Waals surface area contributed by atoms with Gasteiger partial charge in [-0.2, -0.15) is 0 Å². The highest BCUT2D eigenvalue weighted by atomic mass is 19.1. The van der Waals surface area contributed by atoms with Gasteiger partial charge in [-0.25, -0.2) is 4.39 Å². The van der Waals surface area contributed by atoms with Crippen LogP contribution in [0.5, 0.6) is 5.75 Å². The predicted molar refractivity (Wildman–Crippen MR) is 153 cm³/mol. The van der Waals surface area contributed by atoms with Crippen LogP contribution in [0.1, 0.15) is 56.9 Å². The van der Waals surface area contributed by atoms with Gasteiger partial charge in [-0.1, -0.05) is 6.07 Å². The van der Waals surface area contributed by atoms with E-state index in [1.807, 2.05) is 0 Å². The van der Waals surface area contributed by atoms with Crippen molar-refractivity contribution in [1.82, 2.24) is 20.4 Å². The van der Waals surface area contributed by atoms with Crippen LogP contribution in [0.25, 0.3) is 0 Å². The van der Waals surface area contributed by atoms with Crippen LogP contribution in [0, 0.1) is 11.7 Å². The third kappa shape index (κ3) is 6.14. The van der Waals surface area contributed by atoms with Crippen molar-refractivity contribution in [1.29, 1.82) is 0 Å². The summed E-state index contributed by atoms with van der Waals surface area (Å²) in [6.45, 7) is 1.19. The van der Waals surface area contributed by atoms with Crippen LogP contribution in [0.4, 0.5) is 27.3 Å². The van der Waals surface area contributed by atoms with Crippen LogP contribution in [0.2, 0.25) is 0 Å². The Morgan fingerprint density at radius 3 is 2.36 bits per heavy atom. The van der Waals surface area contributed by atoms with Gasteiger partial charge in [0.15, 0.2) is 17.3 Å². The van der Waals surface area contributed by atoms with E-state index in [0.29, 0.717) is 18.8 Å². The van der Waals surface area contributed by atoms with E-state index in [9.17, 15) is 23.6 Å². The van der Waals surface area contributed by atoms with Crippen molar-refractivity contribution in [3.05, 3.63) is 65.1 Å². The van der Waals surface area contributed by atoms with E-state index in [2.05, 4.69) is 31.5 Å². The third-order valence-electron chi connectivity index (χ3n) is 7.02. The summed E-state index contributed by atoms with van der Waals surface area (Å²) < 4.78 is 20.4. The standard InChI is InChI=1S/C29H30FN7O5/c1-31-28(40)24-22(15-23(35-36-24)34-26(38)16-8-9-16)33-21-7-5-6-19(25(21)42-2)27(39)32-17-10-11-18(20(30)14-17)29(41)37-12-3-4-13-37/h5-7,10-11,14-16H,3-4,8-9,12-13H2,1-2H3,(H,31,40)(H,32,39)(H2,33,34,35,38). The number of rotatable bonds is 9. The first-order valence-corrected chi connectivity index (χ1v) is 13.5. The molecule has 0 spiro atoms. The molecule has 218 valence electrons. The smallest absolute Gasteiger partial charge is 0.273 e. The number of carbonyl (C=O) groups excluding carboxylic acids is 4. The molecule has 2 heterocycles. The van der Waals surface area contributed by atoms with Crippen LogP contribution >= 0.6 is 0 Å². The Morgan fingerprint density at radius 1 is 0.929 bits per heavy atom. The molecule has 0 radical (unpaired) electrons. The van der Waals surface area contributed by atoms with Gasteiger partial charge in [0.2, 0.25) is 5.91 Å². The summed E-state index contributed by atoms with van der Waals surface area (Å²) in [5.41, 5.74) is 0.715. The quantitative estimate of drug-likeness (QED) is 0.302. The Hall–Kier alpha value is -5.07. The molecular formula is C29H30FN7O5. The lowest BCUT2D eigenvalue weighted by atomic mass is 10.1. The summed E-state index contributed by atoms with van der Waals surface area (Å²) in [5.74, 6) is -2.17. The summed E-state index contributed by atoms with van der Waals surface area (Å²) >= 11 is 0. The van der Waals surface area contributed by atoms with Crippen molar-refractivity contribution in [2.45, 2.75) is 25.7 Å². The van der Waals surface area contributed by atoms with Crippen molar-refractivity contribution in [2.75, 3.05) is 43.2 Å². The van der Waals surface area contributed by atoms with Gasteiger partial charge in [0.25, 0.3) is 17.7 Å². The molecule has 13 heteroatoms. The first kappa shape index (κ1) is 28.5. The number of nitrogens with zero attached hydrogens (tertiary/aromatic N) is 3. The van der Waals surface area contributed by atoms with E-state index in [1.54, 1.807) is 17.0 Å². The van der Waals surface area contributed by atoms with E-state index in [-0.39, 0.29) is 57.5 Å². The average molecular weight is 576 g/mol. The van der Waals surface area contributed by atoms with Crippen molar-refractivity contribution in [2.24, 2.45) is 5.92 Å². The van der Waals surface area contributed by atoms with Gasteiger partial charge in [0, 0.05) is 37.8 Å². The number of methoxy groups -OCH3 is 1. The second-order valence-corrected chi connectivity index (χ2v) is 9.99. The van der Waals surface area contributed by atoms with Crippen LogP contribution in [0.3, 0.4) is 0 Å². The normalized spacial score (nSPS) is 14.2. The van der Waals surface area contributed by atoms with Crippen molar-refractivity contribution >= 4 is 46.5 Å². The number of hydrogen-bond acceptors (Lipinski definition) is 8. The minimum atomic E-state index is -0.733. The van der Waals surface area contributed by atoms with Gasteiger partial charge < -0.3 is 30.9 Å². The predicted octanol–water partition coefficient (Wildman–Crippen LogP) is 3.56. The molecule has 12 nitrogen and oxygen atoms in total. The van der Waals surface area contributed by atoms with Crippen LogP contribution in [-0.2, 0) is 4.79 Å². The Kier molecular flexibility index (Phi) is 8.27. The molecule has 42 heavy (non-hydrogen) atoms. The highest BCUT2D eigenvalue weighted by Crippen LogP contribution is 2.34. The number of carbonyl (C=O) groups is 4.